The average Bonchev–Trinajstić information content (AvgIpc) is 3.42. The van der Waals surface area contributed by atoms with Crippen LogP contribution in [0.3, 0.4) is 0 Å². The van der Waals surface area contributed by atoms with Crippen molar-refractivity contribution in [1.82, 2.24) is 23.8 Å². The van der Waals surface area contributed by atoms with Gasteiger partial charge in [-0.3, -0.25) is 0 Å². The lowest BCUT2D eigenvalue weighted by Gasteiger charge is -2.18. The topological polar surface area (TPSA) is 70.0 Å². The molecule has 1 aliphatic rings. The molecule has 1 saturated heterocycles. The maximum absolute atomic E-state index is 10.0. The van der Waals surface area contributed by atoms with Gasteiger partial charge in [0.2, 0.25) is 0 Å². The highest BCUT2D eigenvalue weighted by atomic mass is 32.2. The summed E-state index contributed by atoms with van der Waals surface area (Å²) in [5.74, 6) is 2.31. The Morgan fingerprint density at radius 2 is 2.25 bits per heavy atom. The highest BCUT2D eigenvalue weighted by Gasteiger charge is 2.29. The lowest BCUT2D eigenvalue weighted by Crippen LogP contribution is -2.16. The van der Waals surface area contributed by atoms with Crippen LogP contribution in [0.1, 0.15) is 25.8 Å². The number of fused-ring (bicyclic) bond motifs is 3. The first-order chi connectivity index (χ1) is 13.7. The Balaban J connectivity index is 1.68. The highest BCUT2D eigenvalue weighted by Crippen LogP contribution is 2.37. The number of H-pyrrole nitrogens is 1. The molecule has 1 fully saturated rings. The van der Waals surface area contributed by atoms with Gasteiger partial charge in [0.05, 0.1) is 17.8 Å². The Morgan fingerprint density at radius 1 is 1.32 bits per heavy atom. The highest BCUT2D eigenvalue weighted by molar-refractivity contribution is 7.97. The zero-order valence-electron chi connectivity index (χ0n) is 15.8. The molecule has 1 atom stereocenters. The van der Waals surface area contributed by atoms with Gasteiger partial charge in [-0.1, -0.05) is 31.0 Å². The zero-order chi connectivity index (χ0) is 19.1. The van der Waals surface area contributed by atoms with Crippen LogP contribution in [0, 0.1) is 0 Å². The first-order valence-electron chi connectivity index (χ1n) is 9.76. The molecule has 2 N–H and O–H groups in total. The van der Waals surface area contributed by atoms with Gasteiger partial charge in [-0.15, -0.1) is 0 Å². The van der Waals surface area contributed by atoms with Gasteiger partial charge in [-0.05, 0) is 31.0 Å². The van der Waals surface area contributed by atoms with E-state index in [1.165, 1.54) is 6.42 Å². The van der Waals surface area contributed by atoms with E-state index in [1.807, 2.05) is 36.5 Å². The van der Waals surface area contributed by atoms with Crippen LogP contribution in [0.2, 0.25) is 0 Å². The van der Waals surface area contributed by atoms with E-state index < -0.39 is 0 Å². The summed E-state index contributed by atoms with van der Waals surface area (Å²) in [6.07, 6.45) is 6.04. The quantitative estimate of drug-likeness (QED) is 0.485. The average molecular weight is 394 g/mol. The molecule has 0 amide bonds. The summed E-state index contributed by atoms with van der Waals surface area (Å²) < 4.78 is 4.84. The maximum Gasteiger partial charge on any atom is 0.141 e. The number of phenolic OH excluding ortho intramolecular Hbond substituents is 1. The van der Waals surface area contributed by atoms with E-state index in [9.17, 15) is 5.11 Å². The van der Waals surface area contributed by atoms with Crippen molar-refractivity contribution in [3.63, 3.8) is 0 Å². The molecule has 0 bridgehead atoms. The number of benzene rings is 1. The summed E-state index contributed by atoms with van der Waals surface area (Å²) in [7, 11) is 0. The molecule has 4 heterocycles. The molecule has 1 aromatic carbocycles. The van der Waals surface area contributed by atoms with Gasteiger partial charge in [-0.2, -0.15) is 0 Å². The fourth-order valence-electron chi connectivity index (χ4n) is 4.06. The second-order valence-electron chi connectivity index (χ2n) is 7.25. The lowest BCUT2D eigenvalue weighted by molar-refractivity contribution is 0.475. The van der Waals surface area contributed by atoms with Crippen molar-refractivity contribution in [2.45, 2.75) is 25.8 Å². The third-order valence-electron chi connectivity index (χ3n) is 5.31. The largest absolute Gasteiger partial charge is 0.508 e. The van der Waals surface area contributed by atoms with Crippen LogP contribution in [0.25, 0.3) is 33.5 Å². The monoisotopic (exact) mass is 393 g/mol. The number of aromatic amines is 1. The van der Waals surface area contributed by atoms with E-state index in [2.05, 4.69) is 31.8 Å². The molecule has 144 valence electrons. The number of hydrogen-bond acceptors (Lipinski definition) is 5. The minimum atomic E-state index is 0.257. The van der Waals surface area contributed by atoms with Crippen molar-refractivity contribution in [2.75, 3.05) is 18.8 Å². The van der Waals surface area contributed by atoms with Crippen LogP contribution >= 0.6 is 11.9 Å². The zero-order valence-corrected chi connectivity index (χ0v) is 16.6. The van der Waals surface area contributed by atoms with Gasteiger partial charge in [0.1, 0.15) is 22.7 Å². The van der Waals surface area contributed by atoms with Crippen LogP contribution in [-0.4, -0.2) is 47.8 Å². The summed E-state index contributed by atoms with van der Waals surface area (Å²) in [5, 5.41) is 11.1. The summed E-state index contributed by atoms with van der Waals surface area (Å²) in [4.78, 5) is 12.7. The number of rotatable bonds is 5. The van der Waals surface area contributed by atoms with Crippen molar-refractivity contribution >= 4 is 34.0 Å². The second-order valence-corrected chi connectivity index (χ2v) is 8.43. The molecule has 0 spiro atoms. The van der Waals surface area contributed by atoms with Crippen LogP contribution in [0.4, 0.5) is 0 Å². The summed E-state index contributed by atoms with van der Waals surface area (Å²) in [6.45, 7) is 4.30. The molecule has 0 radical (unpaired) electrons. The number of pyridine rings is 1. The van der Waals surface area contributed by atoms with E-state index >= 15 is 0 Å². The molecule has 7 heteroatoms. The maximum atomic E-state index is 10.0. The fourth-order valence-corrected chi connectivity index (χ4v) is 5.01. The Morgan fingerprint density at radius 3 is 3.11 bits per heavy atom. The van der Waals surface area contributed by atoms with Gasteiger partial charge < -0.3 is 14.7 Å². The summed E-state index contributed by atoms with van der Waals surface area (Å²) >= 11 is 1.94. The van der Waals surface area contributed by atoms with Crippen molar-refractivity contribution in [1.29, 1.82) is 0 Å². The molecule has 4 aromatic rings. The Bertz CT molecular complexity index is 1130. The van der Waals surface area contributed by atoms with Gasteiger partial charge in [-0.25, -0.2) is 14.3 Å². The van der Waals surface area contributed by atoms with Crippen molar-refractivity contribution in [2.24, 2.45) is 0 Å². The fraction of sp³-hybridized carbons (Fsp3) is 0.333. The number of phenols is 1. The number of nitrogens with zero attached hydrogens (tertiary/aromatic N) is 4. The molecular weight excluding hydrogens is 370 g/mol. The van der Waals surface area contributed by atoms with Gasteiger partial charge in [0.15, 0.2) is 0 Å². The predicted octanol–water partition coefficient (Wildman–Crippen LogP) is 4.59. The third-order valence-corrected chi connectivity index (χ3v) is 6.60. The molecule has 3 aromatic heterocycles. The van der Waals surface area contributed by atoms with E-state index in [-0.39, 0.29) is 5.75 Å². The van der Waals surface area contributed by atoms with Crippen LogP contribution < -0.4 is 0 Å². The number of hydrogen-bond donors (Lipinski definition) is 2. The summed E-state index contributed by atoms with van der Waals surface area (Å²) in [6, 6.07) is 9.79. The Kier molecular flexibility index (Phi) is 4.49. The van der Waals surface area contributed by atoms with Gasteiger partial charge in [0, 0.05) is 36.0 Å². The third kappa shape index (κ3) is 2.95. The molecule has 6 nitrogen and oxygen atoms in total. The molecule has 1 aliphatic heterocycles. The lowest BCUT2D eigenvalue weighted by atomic mass is 10.1. The van der Waals surface area contributed by atoms with Crippen LogP contribution in [0.5, 0.6) is 5.75 Å². The predicted molar refractivity (Wildman–Crippen MR) is 114 cm³/mol. The SMILES string of the molecule is CCCSN1CCC(n2c(-c3cccc(O)c3)nc3cnc4[nH]ccc4c32)C1. The molecule has 0 aliphatic carbocycles. The van der Waals surface area contributed by atoms with Crippen molar-refractivity contribution in [3.8, 4) is 17.1 Å². The van der Waals surface area contributed by atoms with Crippen molar-refractivity contribution < 1.29 is 5.11 Å². The molecule has 1 unspecified atom stereocenters. The summed E-state index contributed by atoms with van der Waals surface area (Å²) in [5.41, 5.74) is 3.83. The Hall–Kier alpha value is -2.51. The molecule has 28 heavy (non-hydrogen) atoms. The number of aromatic nitrogens is 4. The van der Waals surface area contributed by atoms with Crippen LogP contribution in [-0.2, 0) is 0 Å². The first-order valence-corrected chi connectivity index (χ1v) is 10.7. The van der Waals surface area contributed by atoms with Crippen molar-refractivity contribution in [3.05, 3.63) is 42.7 Å². The van der Waals surface area contributed by atoms with E-state index in [1.54, 1.807) is 12.1 Å². The van der Waals surface area contributed by atoms with E-state index in [4.69, 9.17) is 4.98 Å². The minimum Gasteiger partial charge on any atom is -0.508 e. The van der Waals surface area contributed by atoms with Gasteiger partial charge >= 0.3 is 0 Å². The second kappa shape index (κ2) is 7.14. The van der Waals surface area contributed by atoms with Crippen LogP contribution in [0.15, 0.2) is 42.7 Å². The first kappa shape index (κ1) is 17.6. The molecular formula is C21H23N5OS. The van der Waals surface area contributed by atoms with E-state index in [0.29, 0.717) is 6.04 Å². The smallest absolute Gasteiger partial charge is 0.141 e. The Labute approximate surface area is 167 Å². The standard InChI is InChI=1S/C21H23N5OS/c1-2-10-28-25-9-7-15(13-25)26-19-17-6-8-22-20(17)23-12-18(19)24-21(26)14-4-3-5-16(27)11-14/h3-6,8,11-12,15,27H,2,7,9-10,13H2,1H3,(H,22,23). The molecule has 0 saturated carbocycles. The number of nitrogens with one attached hydrogen (secondary N) is 1. The number of imidazole rings is 1. The number of aromatic hydroxyl groups is 1. The normalized spacial score (nSPS) is 17.8. The molecule has 5 rings (SSSR count). The minimum absolute atomic E-state index is 0.257. The van der Waals surface area contributed by atoms with E-state index in [0.717, 1.165) is 58.7 Å². The van der Waals surface area contributed by atoms with Gasteiger partial charge in [0.25, 0.3) is 0 Å².